The van der Waals surface area contributed by atoms with Gasteiger partial charge in [0.05, 0.1) is 6.04 Å². The van der Waals surface area contributed by atoms with Crippen LogP contribution >= 0.6 is 0 Å². The molecule has 0 aliphatic carbocycles. The van der Waals surface area contributed by atoms with Gasteiger partial charge in [-0.15, -0.1) is 0 Å². The normalized spacial score (nSPS) is 11.6. The van der Waals surface area contributed by atoms with Crippen molar-refractivity contribution in [3.05, 3.63) is 45.8 Å². The van der Waals surface area contributed by atoms with Crippen LogP contribution in [-0.2, 0) is 11.2 Å². The van der Waals surface area contributed by atoms with E-state index >= 15 is 0 Å². The molecule has 0 saturated carbocycles. The Labute approximate surface area is 106 Å². The third kappa shape index (κ3) is 4.47. The molecule has 5 heteroatoms. The molecule has 0 fully saturated rings. The molecule has 1 N–H and O–H groups in total. The largest absolute Gasteiger partial charge is 0.481 e. The second-order valence-electron chi connectivity index (χ2n) is 4.14. The SMILES string of the molecule is CCCc1ccc(C(CCC(=O)O)N=[N+]=[N-])cc1. The quantitative estimate of drug-likeness (QED) is 0.450. The summed E-state index contributed by atoms with van der Waals surface area (Å²) in [7, 11) is 0. The van der Waals surface area contributed by atoms with Gasteiger partial charge in [0.25, 0.3) is 0 Å². The Hall–Kier alpha value is -2.00. The van der Waals surface area contributed by atoms with Crippen molar-refractivity contribution < 1.29 is 9.90 Å². The fraction of sp³-hybridized carbons (Fsp3) is 0.462. The van der Waals surface area contributed by atoms with Gasteiger partial charge >= 0.3 is 5.97 Å². The monoisotopic (exact) mass is 247 g/mol. The first-order valence-electron chi connectivity index (χ1n) is 6.02. The number of nitrogens with zero attached hydrogens (tertiary/aromatic N) is 3. The van der Waals surface area contributed by atoms with Gasteiger partial charge in [0.15, 0.2) is 0 Å². The summed E-state index contributed by atoms with van der Waals surface area (Å²) in [4.78, 5) is 13.3. The zero-order valence-electron chi connectivity index (χ0n) is 10.4. The van der Waals surface area contributed by atoms with Crippen molar-refractivity contribution in [2.45, 2.75) is 38.6 Å². The van der Waals surface area contributed by atoms with Crippen LogP contribution < -0.4 is 0 Å². The van der Waals surface area contributed by atoms with Crippen LogP contribution in [0.25, 0.3) is 10.4 Å². The van der Waals surface area contributed by atoms with Crippen molar-refractivity contribution in [1.29, 1.82) is 0 Å². The Balaban J connectivity index is 2.78. The molecule has 0 aliphatic rings. The zero-order chi connectivity index (χ0) is 13.4. The van der Waals surface area contributed by atoms with E-state index in [4.69, 9.17) is 10.6 Å². The molecule has 1 atom stereocenters. The van der Waals surface area contributed by atoms with Crippen LogP contribution in [0.2, 0.25) is 0 Å². The summed E-state index contributed by atoms with van der Waals surface area (Å²) in [5.41, 5.74) is 10.6. The summed E-state index contributed by atoms with van der Waals surface area (Å²) in [6.07, 6.45) is 2.42. The highest BCUT2D eigenvalue weighted by Crippen LogP contribution is 2.23. The van der Waals surface area contributed by atoms with Gasteiger partial charge in [-0.2, -0.15) is 0 Å². The van der Waals surface area contributed by atoms with E-state index in [1.807, 2.05) is 24.3 Å². The van der Waals surface area contributed by atoms with Gasteiger partial charge in [0.1, 0.15) is 0 Å². The van der Waals surface area contributed by atoms with Crippen LogP contribution in [0.3, 0.4) is 0 Å². The van der Waals surface area contributed by atoms with Crippen molar-refractivity contribution in [3.8, 4) is 0 Å². The van der Waals surface area contributed by atoms with E-state index < -0.39 is 12.0 Å². The number of hydrogen-bond donors (Lipinski definition) is 1. The van der Waals surface area contributed by atoms with Crippen LogP contribution in [0.4, 0.5) is 0 Å². The Morgan fingerprint density at radius 3 is 2.61 bits per heavy atom. The van der Waals surface area contributed by atoms with E-state index in [9.17, 15) is 4.79 Å². The van der Waals surface area contributed by atoms with Crippen LogP contribution in [0.1, 0.15) is 43.4 Å². The summed E-state index contributed by atoms with van der Waals surface area (Å²) in [6, 6.07) is 7.42. The summed E-state index contributed by atoms with van der Waals surface area (Å²) < 4.78 is 0. The number of aryl methyl sites for hydroxylation is 1. The fourth-order valence-corrected chi connectivity index (χ4v) is 1.81. The van der Waals surface area contributed by atoms with E-state index in [1.54, 1.807) is 0 Å². The Morgan fingerprint density at radius 1 is 1.44 bits per heavy atom. The lowest BCUT2D eigenvalue weighted by molar-refractivity contribution is -0.137. The Morgan fingerprint density at radius 2 is 2.11 bits per heavy atom. The van der Waals surface area contributed by atoms with Crippen LogP contribution in [0, 0.1) is 0 Å². The van der Waals surface area contributed by atoms with Gasteiger partial charge in [-0.05, 0) is 29.5 Å². The molecular formula is C13H17N3O2. The predicted octanol–water partition coefficient (Wildman–Crippen LogP) is 3.86. The first kappa shape index (κ1) is 14.1. The van der Waals surface area contributed by atoms with Crippen LogP contribution in [0.5, 0.6) is 0 Å². The van der Waals surface area contributed by atoms with Gasteiger partial charge in [-0.25, -0.2) is 0 Å². The van der Waals surface area contributed by atoms with Crippen molar-refractivity contribution in [3.63, 3.8) is 0 Å². The minimum absolute atomic E-state index is 0.000395. The van der Waals surface area contributed by atoms with Crippen molar-refractivity contribution >= 4 is 5.97 Å². The first-order valence-corrected chi connectivity index (χ1v) is 6.02. The smallest absolute Gasteiger partial charge is 0.303 e. The molecule has 0 amide bonds. The summed E-state index contributed by atoms with van der Waals surface area (Å²) >= 11 is 0. The average Bonchev–Trinajstić information content (AvgIpc) is 2.36. The molecule has 1 aromatic carbocycles. The lowest BCUT2D eigenvalue weighted by Crippen LogP contribution is -2.01. The highest BCUT2D eigenvalue weighted by atomic mass is 16.4. The first-order chi connectivity index (χ1) is 8.67. The molecule has 96 valence electrons. The van der Waals surface area contributed by atoms with Gasteiger partial charge in [0, 0.05) is 11.3 Å². The molecule has 5 nitrogen and oxygen atoms in total. The molecule has 0 saturated heterocycles. The molecule has 1 aromatic rings. The maximum absolute atomic E-state index is 10.5. The molecule has 0 bridgehead atoms. The maximum Gasteiger partial charge on any atom is 0.303 e. The maximum atomic E-state index is 10.5. The molecule has 1 rings (SSSR count). The number of carboxylic acid groups (broad SMARTS) is 1. The second kappa shape index (κ2) is 7.35. The van der Waals surface area contributed by atoms with Crippen molar-refractivity contribution in [1.82, 2.24) is 0 Å². The van der Waals surface area contributed by atoms with Crippen LogP contribution in [-0.4, -0.2) is 11.1 Å². The molecule has 18 heavy (non-hydrogen) atoms. The topological polar surface area (TPSA) is 86.1 Å². The highest BCUT2D eigenvalue weighted by molar-refractivity contribution is 5.66. The number of aliphatic carboxylic acids is 1. The number of hydrogen-bond acceptors (Lipinski definition) is 2. The lowest BCUT2D eigenvalue weighted by atomic mass is 10.00. The number of benzene rings is 1. The standard InChI is InChI=1S/C13H17N3O2/c1-2-3-10-4-6-11(7-5-10)12(15-16-14)8-9-13(17)18/h4-7,12H,2-3,8-9H2,1H3,(H,17,18). The molecular weight excluding hydrogens is 230 g/mol. The third-order valence-electron chi connectivity index (χ3n) is 2.73. The minimum Gasteiger partial charge on any atom is -0.481 e. The third-order valence-corrected chi connectivity index (χ3v) is 2.73. The summed E-state index contributed by atoms with van der Waals surface area (Å²) in [6.45, 7) is 2.11. The van der Waals surface area contributed by atoms with Gasteiger partial charge in [-0.3, -0.25) is 4.79 Å². The van der Waals surface area contributed by atoms with Gasteiger partial charge < -0.3 is 5.11 Å². The van der Waals surface area contributed by atoms with Gasteiger partial charge in [-0.1, -0.05) is 42.7 Å². The van der Waals surface area contributed by atoms with E-state index in [1.165, 1.54) is 5.56 Å². The summed E-state index contributed by atoms with van der Waals surface area (Å²) in [5, 5.41) is 12.3. The van der Waals surface area contributed by atoms with Crippen LogP contribution in [0.15, 0.2) is 29.4 Å². The predicted molar refractivity (Wildman–Crippen MR) is 69.2 cm³/mol. The van der Waals surface area contributed by atoms with Crippen molar-refractivity contribution in [2.75, 3.05) is 0 Å². The Kier molecular flexibility index (Phi) is 5.74. The number of carbonyl (C=O) groups is 1. The number of carboxylic acids is 1. The lowest BCUT2D eigenvalue weighted by Gasteiger charge is -2.10. The zero-order valence-corrected chi connectivity index (χ0v) is 10.4. The van der Waals surface area contributed by atoms with Gasteiger partial charge in [0.2, 0.25) is 0 Å². The molecule has 0 aliphatic heterocycles. The second-order valence-corrected chi connectivity index (χ2v) is 4.14. The number of azide groups is 1. The Bertz CT molecular complexity index is 436. The molecule has 0 spiro atoms. The molecule has 1 unspecified atom stereocenters. The average molecular weight is 247 g/mol. The molecule has 0 aromatic heterocycles. The highest BCUT2D eigenvalue weighted by Gasteiger charge is 2.11. The van der Waals surface area contributed by atoms with E-state index in [2.05, 4.69) is 16.9 Å². The molecule has 0 radical (unpaired) electrons. The fourth-order valence-electron chi connectivity index (χ4n) is 1.81. The minimum atomic E-state index is -0.879. The summed E-state index contributed by atoms with van der Waals surface area (Å²) in [5.74, 6) is -0.879. The molecule has 0 heterocycles. The van der Waals surface area contributed by atoms with Crippen molar-refractivity contribution in [2.24, 2.45) is 5.11 Å². The number of rotatable bonds is 7. The van der Waals surface area contributed by atoms with E-state index in [-0.39, 0.29) is 6.42 Å². The van der Waals surface area contributed by atoms with E-state index in [0.717, 1.165) is 18.4 Å². The van der Waals surface area contributed by atoms with E-state index in [0.29, 0.717) is 6.42 Å².